The van der Waals surface area contributed by atoms with Crippen molar-refractivity contribution in [3.8, 4) is 5.75 Å². The van der Waals surface area contributed by atoms with Gasteiger partial charge in [0, 0.05) is 31.5 Å². The van der Waals surface area contributed by atoms with E-state index >= 15 is 0 Å². The van der Waals surface area contributed by atoms with E-state index < -0.39 is 11.8 Å². The lowest BCUT2D eigenvalue weighted by Crippen LogP contribution is -2.35. The minimum absolute atomic E-state index is 0.237. The number of aromatic nitrogens is 1. The maximum atomic E-state index is 12.0. The molecule has 0 aliphatic carbocycles. The Labute approximate surface area is 159 Å². The minimum atomic E-state index is -0.716. The molecule has 0 aliphatic rings. The molecule has 2 aromatic rings. The van der Waals surface area contributed by atoms with Crippen molar-refractivity contribution in [1.82, 2.24) is 10.3 Å². The average molecular weight is 370 g/mol. The number of hydrogen-bond acceptors (Lipinski definition) is 5. The topological polar surface area (TPSA) is 83.6 Å². The van der Waals surface area contributed by atoms with E-state index in [-0.39, 0.29) is 6.54 Å². The second-order valence-corrected chi connectivity index (χ2v) is 5.79. The van der Waals surface area contributed by atoms with Crippen LogP contribution in [-0.2, 0) is 16.1 Å². The highest BCUT2D eigenvalue weighted by molar-refractivity contribution is 6.39. The van der Waals surface area contributed by atoms with E-state index in [0.717, 1.165) is 24.5 Å². The van der Waals surface area contributed by atoms with E-state index in [0.29, 0.717) is 18.0 Å². The van der Waals surface area contributed by atoms with Crippen LogP contribution in [0, 0.1) is 0 Å². The Morgan fingerprint density at radius 2 is 1.70 bits per heavy atom. The van der Waals surface area contributed by atoms with Gasteiger partial charge in [0.05, 0.1) is 6.61 Å². The molecule has 0 unspecified atom stereocenters. The first-order valence-electron chi connectivity index (χ1n) is 9.09. The fourth-order valence-corrected chi connectivity index (χ4v) is 2.51. The standard InChI is InChI=1S/C20H26N4O3/c1-4-24(5-2)18-12-7-15(13-21-18)14-22-19(25)20(26)23-16-8-10-17(11-9-16)27-6-3/h7-13H,4-6,14H2,1-3H3,(H,22,25)(H,23,26). The molecule has 1 aromatic heterocycles. The molecule has 0 saturated heterocycles. The monoisotopic (exact) mass is 370 g/mol. The van der Waals surface area contributed by atoms with E-state index in [4.69, 9.17) is 4.74 Å². The quantitative estimate of drug-likeness (QED) is 0.698. The van der Waals surface area contributed by atoms with Crippen LogP contribution in [0.3, 0.4) is 0 Å². The van der Waals surface area contributed by atoms with Gasteiger partial charge in [0.1, 0.15) is 11.6 Å². The van der Waals surface area contributed by atoms with E-state index in [9.17, 15) is 9.59 Å². The van der Waals surface area contributed by atoms with Gasteiger partial charge < -0.3 is 20.3 Å². The molecule has 2 N–H and O–H groups in total. The molecule has 0 aliphatic heterocycles. The maximum Gasteiger partial charge on any atom is 0.313 e. The third-order valence-corrected chi connectivity index (χ3v) is 3.98. The lowest BCUT2D eigenvalue weighted by Gasteiger charge is -2.19. The highest BCUT2D eigenvalue weighted by Crippen LogP contribution is 2.15. The smallest absolute Gasteiger partial charge is 0.313 e. The summed E-state index contributed by atoms with van der Waals surface area (Å²) in [6, 6.07) is 10.7. The Morgan fingerprint density at radius 1 is 1.00 bits per heavy atom. The van der Waals surface area contributed by atoms with Gasteiger partial charge in [-0.15, -0.1) is 0 Å². The van der Waals surface area contributed by atoms with Crippen LogP contribution in [0.4, 0.5) is 11.5 Å². The number of hydrogen-bond donors (Lipinski definition) is 2. The van der Waals surface area contributed by atoms with Crippen molar-refractivity contribution >= 4 is 23.3 Å². The number of benzene rings is 1. The molecular weight excluding hydrogens is 344 g/mol. The predicted molar refractivity (Wildman–Crippen MR) is 106 cm³/mol. The number of carbonyl (C=O) groups excluding carboxylic acids is 2. The normalized spacial score (nSPS) is 10.2. The Morgan fingerprint density at radius 3 is 2.26 bits per heavy atom. The van der Waals surface area contributed by atoms with Crippen LogP contribution in [0.5, 0.6) is 5.75 Å². The highest BCUT2D eigenvalue weighted by atomic mass is 16.5. The third-order valence-electron chi connectivity index (χ3n) is 3.98. The van der Waals surface area contributed by atoms with E-state index in [1.54, 1.807) is 30.5 Å². The Bertz CT molecular complexity index is 741. The van der Waals surface area contributed by atoms with Crippen molar-refractivity contribution in [3.63, 3.8) is 0 Å². The maximum absolute atomic E-state index is 12.0. The van der Waals surface area contributed by atoms with Gasteiger partial charge in [0.15, 0.2) is 0 Å². The number of nitrogens with zero attached hydrogens (tertiary/aromatic N) is 2. The van der Waals surface area contributed by atoms with Gasteiger partial charge in [-0.05, 0) is 56.7 Å². The molecule has 7 nitrogen and oxygen atoms in total. The Kier molecular flexibility index (Phi) is 7.61. The Balaban J connectivity index is 1.84. The molecular formula is C20H26N4O3. The molecule has 0 fully saturated rings. The number of carbonyl (C=O) groups is 2. The van der Waals surface area contributed by atoms with Crippen LogP contribution in [0.1, 0.15) is 26.3 Å². The van der Waals surface area contributed by atoms with Gasteiger partial charge in [-0.2, -0.15) is 0 Å². The lowest BCUT2D eigenvalue weighted by atomic mass is 10.2. The number of nitrogens with one attached hydrogen (secondary N) is 2. The van der Waals surface area contributed by atoms with Gasteiger partial charge in [-0.3, -0.25) is 9.59 Å². The fraction of sp³-hybridized carbons (Fsp3) is 0.350. The molecule has 0 saturated carbocycles. The van der Waals surface area contributed by atoms with Gasteiger partial charge in [-0.25, -0.2) is 4.98 Å². The molecule has 2 amide bonds. The third kappa shape index (κ3) is 5.99. The first kappa shape index (κ1) is 20.2. The summed E-state index contributed by atoms with van der Waals surface area (Å²) in [5.41, 5.74) is 1.36. The van der Waals surface area contributed by atoms with Gasteiger partial charge in [0.25, 0.3) is 0 Å². The zero-order valence-electron chi connectivity index (χ0n) is 16.0. The molecule has 1 aromatic carbocycles. The first-order valence-corrected chi connectivity index (χ1v) is 9.09. The lowest BCUT2D eigenvalue weighted by molar-refractivity contribution is -0.136. The number of pyridine rings is 1. The molecule has 0 atom stereocenters. The molecule has 144 valence electrons. The average Bonchev–Trinajstić information content (AvgIpc) is 2.69. The van der Waals surface area contributed by atoms with E-state index in [1.165, 1.54) is 0 Å². The van der Waals surface area contributed by atoms with Crippen LogP contribution in [0.25, 0.3) is 0 Å². The van der Waals surface area contributed by atoms with Gasteiger partial charge in [0.2, 0.25) is 0 Å². The zero-order chi connectivity index (χ0) is 19.6. The molecule has 0 radical (unpaired) electrons. The molecule has 27 heavy (non-hydrogen) atoms. The fourth-order valence-electron chi connectivity index (χ4n) is 2.51. The zero-order valence-corrected chi connectivity index (χ0v) is 16.0. The molecule has 2 rings (SSSR count). The second kappa shape index (κ2) is 10.2. The van der Waals surface area contributed by atoms with Crippen LogP contribution in [0.2, 0.25) is 0 Å². The van der Waals surface area contributed by atoms with Crippen LogP contribution in [-0.4, -0.2) is 36.5 Å². The van der Waals surface area contributed by atoms with Crippen molar-refractivity contribution in [1.29, 1.82) is 0 Å². The van der Waals surface area contributed by atoms with Gasteiger partial charge in [-0.1, -0.05) is 6.07 Å². The van der Waals surface area contributed by atoms with Crippen molar-refractivity contribution in [2.75, 3.05) is 29.9 Å². The van der Waals surface area contributed by atoms with Crippen molar-refractivity contribution in [3.05, 3.63) is 48.2 Å². The molecule has 7 heteroatoms. The number of anilines is 2. The Hall–Kier alpha value is -3.09. The summed E-state index contributed by atoms with van der Waals surface area (Å²) in [5.74, 6) is 0.188. The van der Waals surface area contributed by atoms with Crippen LogP contribution < -0.4 is 20.3 Å². The number of amides is 2. The first-order chi connectivity index (χ1) is 13.1. The van der Waals surface area contributed by atoms with Crippen molar-refractivity contribution < 1.29 is 14.3 Å². The predicted octanol–water partition coefficient (Wildman–Crippen LogP) is 2.58. The molecule has 1 heterocycles. The second-order valence-electron chi connectivity index (χ2n) is 5.79. The summed E-state index contributed by atoms with van der Waals surface area (Å²) in [6.07, 6.45) is 1.71. The summed E-state index contributed by atoms with van der Waals surface area (Å²) in [6.45, 7) is 8.60. The van der Waals surface area contributed by atoms with Crippen LogP contribution in [0.15, 0.2) is 42.6 Å². The minimum Gasteiger partial charge on any atom is -0.494 e. The molecule has 0 spiro atoms. The number of rotatable bonds is 8. The summed E-state index contributed by atoms with van der Waals surface area (Å²) < 4.78 is 5.34. The summed E-state index contributed by atoms with van der Waals surface area (Å²) >= 11 is 0. The van der Waals surface area contributed by atoms with E-state index in [1.807, 2.05) is 19.1 Å². The highest BCUT2D eigenvalue weighted by Gasteiger charge is 2.13. The largest absolute Gasteiger partial charge is 0.494 e. The van der Waals surface area contributed by atoms with Gasteiger partial charge >= 0.3 is 11.8 Å². The van der Waals surface area contributed by atoms with Crippen molar-refractivity contribution in [2.45, 2.75) is 27.3 Å². The van der Waals surface area contributed by atoms with Crippen molar-refractivity contribution in [2.24, 2.45) is 0 Å². The SMILES string of the molecule is CCOc1ccc(NC(=O)C(=O)NCc2ccc(N(CC)CC)nc2)cc1. The summed E-state index contributed by atoms with van der Waals surface area (Å²) in [5, 5.41) is 5.16. The number of ether oxygens (including phenoxy) is 1. The summed E-state index contributed by atoms with van der Waals surface area (Å²) in [7, 11) is 0. The van der Waals surface area contributed by atoms with E-state index in [2.05, 4.69) is 34.4 Å². The molecule has 0 bridgehead atoms. The van der Waals surface area contributed by atoms with Crippen LogP contribution >= 0.6 is 0 Å². The summed E-state index contributed by atoms with van der Waals surface area (Å²) in [4.78, 5) is 30.5.